The normalized spacial score (nSPS) is 19.4. The maximum Gasteiger partial charge on any atom is 0.306 e. The van der Waals surface area contributed by atoms with Crippen molar-refractivity contribution in [2.45, 2.75) is 282 Å². The van der Waals surface area contributed by atoms with Crippen LogP contribution in [0.3, 0.4) is 0 Å². The van der Waals surface area contributed by atoms with Crippen LogP contribution in [-0.4, -0.2) is 89.6 Å². The lowest BCUT2D eigenvalue weighted by atomic mass is 9.99. The molecule has 1 saturated heterocycles. The molecule has 70 heavy (non-hydrogen) atoms. The van der Waals surface area contributed by atoms with Crippen LogP contribution in [-0.2, 0) is 23.7 Å². The molecule has 1 aliphatic rings. The van der Waals surface area contributed by atoms with Crippen molar-refractivity contribution in [3.8, 4) is 0 Å². The Labute approximate surface area is 429 Å². The first-order valence-corrected chi connectivity index (χ1v) is 29.0. The second-order valence-corrected chi connectivity index (χ2v) is 19.7. The van der Waals surface area contributed by atoms with Gasteiger partial charge in [-0.05, 0) is 64.2 Å². The van der Waals surface area contributed by atoms with E-state index in [4.69, 9.17) is 18.9 Å². The van der Waals surface area contributed by atoms with Gasteiger partial charge < -0.3 is 39.4 Å². The zero-order valence-corrected chi connectivity index (χ0v) is 45.0. The number of unbranched alkanes of at least 4 members (excludes halogenated alkanes) is 27. The molecule has 1 fully saturated rings. The standard InChI is InChI=1S/C61H108O9/c1-3-5-7-9-11-13-15-17-19-21-23-25-27-29-31-33-35-37-39-41-43-45-47-49-51-67-53-55(54-68-61-60(66)59(65)58(64)56(52-62)70-61)69-57(63)50-48-46-44-42-40-38-36-34-32-30-28-26-24-22-20-18-16-14-12-10-8-6-4-2/h6,8,12,14,18,20,24,26,30,32,36,38,55-56,58-62,64-66H,3-5,7,9-11,13,15-17,19,21-23,25,27-29,31,33-35,37,39-54H2,1-2H3/b8-6-,14-12-,20-18-,26-24-,32-30-,38-36-. The summed E-state index contributed by atoms with van der Waals surface area (Å²) in [6, 6.07) is 0. The maximum absolute atomic E-state index is 12.9. The number of esters is 1. The SMILES string of the molecule is CC/C=C\C/C=C\C/C=C\C/C=C\C/C=C\C/C=C\CCCCCCC(=O)OC(COCCCCCCCCCCCCCCCCCCCCCCCCCC)COC1OC(CO)C(O)C(O)C1O. The van der Waals surface area contributed by atoms with Gasteiger partial charge >= 0.3 is 5.97 Å². The number of carbonyl (C=O) groups excluding carboxylic acids is 1. The van der Waals surface area contributed by atoms with Gasteiger partial charge in [0.1, 0.15) is 30.5 Å². The number of aliphatic hydroxyl groups excluding tert-OH is 4. The summed E-state index contributed by atoms with van der Waals surface area (Å²) >= 11 is 0. The second-order valence-electron chi connectivity index (χ2n) is 19.7. The van der Waals surface area contributed by atoms with Crippen LogP contribution < -0.4 is 0 Å². The van der Waals surface area contributed by atoms with Crippen LogP contribution in [0.15, 0.2) is 72.9 Å². The van der Waals surface area contributed by atoms with Crippen molar-refractivity contribution in [2.75, 3.05) is 26.4 Å². The molecule has 6 unspecified atom stereocenters. The lowest BCUT2D eigenvalue weighted by Gasteiger charge is -2.39. The molecule has 0 amide bonds. The third-order valence-electron chi connectivity index (χ3n) is 13.1. The number of hydrogen-bond acceptors (Lipinski definition) is 9. The molecule has 9 heteroatoms. The third kappa shape index (κ3) is 41.1. The first kappa shape index (κ1) is 65.6. The molecule has 1 aliphatic heterocycles. The van der Waals surface area contributed by atoms with Crippen molar-refractivity contribution in [1.82, 2.24) is 0 Å². The maximum atomic E-state index is 12.9. The van der Waals surface area contributed by atoms with Gasteiger partial charge in [-0.3, -0.25) is 4.79 Å². The van der Waals surface area contributed by atoms with E-state index < -0.39 is 43.4 Å². The van der Waals surface area contributed by atoms with E-state index in [1.54, 1.807) is 0 Å². The fourth-order valence-electron chi connectivity index (χ4n) is 8.67. The average molecular weight is 986 g/mol. The topological polar surface area (TPSA) is 135 Å². The van der Waals surface area contributed by atoms with Crippen LogP contribution in [0.1, 0.15) is 245 Å². The summed E-state index contributed by atoms with van der Waals surface area (Å²) in [7, 11) is 0. The van der Waals surface area contributed by atoms with E-state index in [9.17, 15) is 25.2 Å². The Morgan fingerprint density at radius 2 is 0.871 bits per heavy atom. The molecule has 0 saturated carbocycles. The minimum absolute atomic E-state index is 0.125. The Balaban J connectivity index is 2.18. The van der Waals surface area contributed by atoms with Crippen LogP contribution in [0.2, 0.25) is 0 Å². The van der Waals surface area contributed by atoms with Crippen molar-refractivity contribution >= 4 is 5.97 Å². The van der Waals surface area contributed by atoms with Crippen LogP contribution >= 0.6 is 0 Å². The van der Waals surface area contributed by atoms with Crippen molar-refractivity contribution < 1.29 is 44.2 Å². The summed E-state index contributed by atoms with van der Waals surface area (Å²) in [4.78, 5) is 12.9. The molecular formula is C61H108O9. The van der Waals surface area contributed by atoms with Crippen molar-refractivity contribution in [2.24, 2.45) is 0 Å². The van der Waals surface area contributed by atoms with Gasteiger partial charge in [-0.2, -0.15) is 0 Å². The van der Waals surface area contributed by atoms with E-state index in [1.807, 2.05) is 0 Å². The molecular weight excluding hydrogens is 877 g/mol. The molecule has 406 valence electrons. The van der Waals surface area contributed by atoms with Gasteiger partial charge in [-0.1, -0.05) is 247 Å². The molecule has 0 spiro atoms. The highest BCUT2D eigenvalue weighted by atomic mass is 16.7. The second kappa shape index (κ2) is 51.5. The van der Waals surface area contributed by atoms with E-state index in [1.165, 1.54) is 141 Å². The zero-order valence-electron chi connectivity index (χ0n) is 45.0. The highest BCUT2D eigenvalue weighted by molar-refractivity contribution is 5.69. The molecule has 0 radical (unpaired) electrons. The predicted octanol–water partition coefficient (Wildman–Crippen LogP) is 15.2. The van der Waals surface area contributed by atoms with E-state index in [-0.39, 0.29) is 25.6 Å². The fourth-order valence-corrected chi connectivity index (χ4v) is 8.67. The number of carbonyl (C=O) groups is 1. The summed E-state index contributed by atoms with van der Waals surface area (Å²) in [5.74, 6) is -0.335. The molecule has 0 aromatic heterocycles. The fraction of sp³-hybridized carbons (Fsp3) is 0.787. The van der Waals surface area contributed by atoms with Gasteiger partial charge in [0, 0.05) is 13.0 Å². The lowest BCUT2D eigenvalue weighted by Crippen LogP contribution is -2.59. The van der Waals surface area contributed by atoms with Crippen molar-refractivity contribution in [1.29, 1.82) is 0 Å². The molecule has 6 atom stereocenters. The van der Waals surface area contributed by atoms with Gasteiger partial charge in [0.05, 0.1) is 19.8 Å². The Kier molecular flexibility index (Phi) is 48.3. The minimum Gasteiger partial charge on any atom is -0.457 e. The highest BCUT2D eigenvalue weighted by Crippen LogP contribution is 2.23. The summed E-state index contributed by atoms with van der Waals surface area (Å²) in [6.07, 6.45) is 62.4. The molecule has 4 N–H and O–H groups in total. The first-order valence-electron chi connectivity index (χ1n) is 29.0. The van der Waals surface area contributed by atoms with Gasteiger partial charge in [0.25, 0.3) is 0 Å². The number of allylic oxidation sites excluding steroid dienone is 12. The number of rotatable bonds is 50. The van der Waals surface area contributed by atoms with E-state index >= 15 is 0 Å². The van der Waals surface area contributed by atoms with Crippen molar-refractivity contribution in [3.63, 3.8) is 0 Å². The van der Waals surface area contributed by atoms with Crippen LogP contribution in [0, 0.1) is 0 Å². The Morgan fingerprint density at radius 1 is 0.471 bits per heavy atom. The zero-order chi connectivity index (χ0) is 50.6. The summed E-state index contributed by atoms with van der Waals surface area (Å²) in [5.41, 5.74) is 0. The predicted molar refractivity (Wildman–Crippen MR) is 293 cm³/mol. The largest absolute Gasteiger partial charge is 0.457 e. The molecule has 0 aliphatic carbocycles. The molecule has 1 heterocycles. The van der Waals surface area contributed by atoms with E-state index in [0.29, 0.717) is 6.61 Å². The number of aliphatic hydroxyl groups is 4. The molecule has 9 nitrogen and oxygen atoms in total. The summed E-state index contributed by atoms with van der Waals surface area (Å²) in [6.45, 7) is 4.45. The average Bonchev–Trinajstić information content (AvgIpc) is 3.36. The summed E-state index contributed by atoms with van der Waals surface area (Å²) in [5, 5.41) is 40.4. The minimum atomic E-state index is -1.55. The monoisotopic (exact) mass is 985 g/mol. The summed E-state index contributed by atoms with van der Waals surface area (Å²) < 4.78 is 23.0. The van der Waals surface area contributed by atoms with E-state index in [2.05, 4.69) is 86.8 Å². The van der Waals surface area contributed by atoms with Crippen LogP contribution in [0.4, 0.5) is 0 Å². The molecule has 0 aromatic rings. The van der Waals surface area contributed by atoms with Crippen molar-refractivity contribution in [3.05, 3.63) is 72.9 Å². The van der Waals surface area contributed by atoms with Crippen LogP contribution in [0.25, 0.3) is 0 Å². The molecule has 1 rings (SSSR count). The van der Waals surface area contributed by atoms with E-state index in [0.717, 1.165) is 83.5 Å². The highest BCUT2D eigenvalue weighted by Gasteiger charge is 2.44. The van der Waals surface area contributed by atoms with Gasteiger partial charge in [-0.25, -0.2) is 0 Å². The third-order valence-corrected chi connectivity index (χ3v) is 13.1. The first-order chi connectivity index (χ1) is 34.4. The van der Waals surface area contributed by atoms with Gasteiger partial charge in [0.15, 0.2) is 6.29 Å². The lowest BCUT2D eigenvalue weighted by molar-refractivity contribution is -0.305. The van der Waals surface area contributed by atoms with Gasteiger partial charge in [0.2, 0.25) is 0 Å². The van der Waals surface area contributed by atoms with Gasteiger partial charge in [-0.15, -0.1) is 0 Å². The Hall–Kier alpha value is -2.37. The van der Waals surface area contributed by atoms with Crippen LogP contribution in [0.5, 0.6) is 0 Å². The number of ether oxygens (including phenoxy) is 4. The Morgan fingerprint density at radius 3 is 1.31 bits per heavy atom. The Bertz CT molecular complexity index is 1310. The smallest absolute Gasteiger partial charge is 0.306 e. The quantitative estimate of drug-likeness (QED) is 0.0267. The molecule has 0 bridgehead atoms. The number of hydrogen-bond donors (Lipinski definition) is 4. The molecule has 0 aromatic carbocycles.